The highest BCUT2D eigenvalue weighted by Crippen LogP contribution is 2.48. The lowest BCUT2D eigenvalue weighted by molar-refractivity contribution is -0.0139. The van der Waals surface area contributed by atoms with E-state index in [4.69, 9.17) is 16.7 Å². The standard InChI is InChI=1S/C20H26ClN3O/c1-18(2,3)14-8-7-11-20(17(14)25,19(4,5)6)24-22-15-10-9-13(21)12-16(15)23-24/h7-12,17,25H,1-6H3. The first-order valence-corrected chi connectivity index (χ1v) is 8.96. The molecule has 1 aliphatic rings. The Balaban J connectivity index is 2.24. The summed E-state index contributed by atoms with van der Waals surface area (Å²) in [4.78, 5) is 1.67. The van der Waals surface area contributed by atoms with E-state index >= 15 is 0 Å². The average molecular weight is 360 g/mol. The second-order valence-electron chi connectivity index (χ2n) is 8.83. The maximum atomic E-state index is 11.4. The van der Waals surface area contributed by atoms with Crippen LogP contribution in [0.15, 0.2) is 42.0 Å². The first-order chi connectivity index (χ1) is 11.5. The number of fused-ring (bicyclic) bond motifs is 1. The number of benzene rings is 1. The molecule has 0 saturated heterocycles. The van der Waals surface area contributed by atoms with Gasteiger partial charge in [-0.05, 0) is 34.6 Å². The summed E-state index contributed by atoms with van der Waals surface area (Å²) >= 11 is 6.10. The molecule has 1 aromatic carbocycles. The molecule has 1 aromatic heterocycles. The van der Waals surface area contributed by atoms with Crippen LogP contribution < -0.4 is 0 Å². The van der Waals surface area contributed by atoms with Crippen LogP contribution in [-0.2, 0) is 5.54 Å². The van der Waals surface area contributed by atoms with Crippen LogP contribution in [0.4, 0.5) is 0 Å². The third-order valence-corrected chi connectivity index (χ3v) is 5.31. The van der Waals surface area contributed by atoms with E-state index in [0.717, 1.165) is 16.6 Å². The Morgan fingerprint density at radius 3 is 2.32 bits per heavy atom. The Labute approximate surface area is 154 Å². The Morgan fingerprint density at radius 1 is 1.08 bits per heavy atom. The number of aromatic nitrogens is 3. The van der Waals surface area contributed by atoms with E-state index in [1.807, 2.05) is 24.3 Å². The van der Waals surface area contributed by atoms with E-state index in [9.17, 15) is 5.11 Å². The zero-order valence-corrected chi connectivity index (χ0v) is 16.5. The lowest BCUT2D eigenvalue weighted by Gasteiger charge is -2.48. The van der Waals surface area contributed by atoms with E-state index in [0.29, 0.717) is 5.02 Å². The van der Waals surface area contributed by atoms with Gasteiger partial charge in [0.25, 0.3) is 0 Å². The van der Waals surface area contributed by atoms with Gasteiger partial charge in [0.15, 0.2) is 0 Å². The fourth-order valence-corrected chi connectivity index (χ4v) is 3.73. The van der Waals surface area contributed by atoms with E-state index in [2.05, 4.69) is 46.6 Å². The number of aliphatic hydroxyl groups excluding tert-OH is 1. The molecule has 25 heavy (non-hydrogen) atoms. The summed E-state index contributed by atoms with van der Waals surface area (Å²) in [6.45, 7) is 12.7. The summed E-state index contributed by atoms with van der Waals surface area (Å²) in [6, 6.07) is 5.47. The van der Waals surface area contributed by atoms with Gasteiger partial charge in [-0.2, -0.15) is 15.0 Å². The molecule has 0 bridgehead atoms. The molecular weight excluding hydrogens is 334 g/mol. The molecule has 2 atom stereocenters. The van der Waals surface area contributed by atoms with Crippen molar-refractivity contribution in [2.75, 3.05) is 0 Å². The first kappa shape index (κ1) is 18.2. The summed E-state index contributed by atoms with van der Waals surface area (Å²) in [5, 5.41) is 21.4. The predicted octanol–water partition coefficient (Wildman–Crippen LogP) is 4.73. The van der Waals surface area contributed by atoms with Gasteiger partial charge in [-0.3, -0.25) is 0 Å². The van der Waals surface area contributed by atoms with Crippen molar-refractivity contribution in [2.45, 2.75) is 53.2 Å². The minimum absolute atomic E-state index is 0.156. The molecular formula is C20H26ClN3O. The molecule has 1 heterocycles. The van der Waals surface area contributed by atoms with Gasteiger partial charge in [0.05, 0.1) is 0 Å². The highest BCUT2D eigenvalue weighted by molar-refractivity contribution is 6.31. The van der Waals surface area contributed by atoms with Crippen molar-refractivity contribution in [1.82, 2.24) is 15.0 Å². The molecule has 2 unspecified atom stereocenters. The van der Waals surface area contributed by atoms with Gasteiger partial charge in [0.1, 0.15) is 22.7 Å². The van der Waals surface area contributed by atoms with Crippen LogP contribution in [0.5, 0.6) is 0 Å². The van der Waals surface area contributed by atoms with Gasteiger partial charge in [-0.1, -0.05) is 71.4 Å². The van der Waals surface area contributed by atoms with E-state index in [-0.39, 0.29) is 10.8 Å². The predicted molar refractivity (Wildman–Crippen MR) is 103 cm³/mol. The minimum atomic E-state index is -0.782. The SMILES string of the molecule is CC(C)(C)C1=CC=CC(n2nc3ccc(Cl)cc3n2)(C(C)(C)C)C1O. The summed E-state index contributed by atoms with van der Waals surface area (Å²) in [5.41, 5.74) is 1.22. The Morgan fingerprint density at radius 2 is 1.72 bits per heavy atom. The van der Waals surface area contributed by atoms with Gasteiger partial charge < -0.3 is 5.11 Å². The minimum Gasteiger partial charge on any atom is -0.386 e. The van der Waals surface area contributed by atoms with Crippen molar-refractivity contribution in [3.05, 3.63) is 47.0 Å². The van der Waals surface area contributed by atoms with Crippen molar-refractivity contribution < 1.29 is 5.11 Å². The second kappa shape index (κ2) is 5.68. The lowest BCUT2D eigenvalue weighted by Crippen LogP contribution is -2.56. The Kier molecular flexibility index (Phi) is 4.12. The number of allylic oxidation sites excluding steroid dienone is 2. The van der Waals surface area contributed by atoms with Gasteiger partial charge >= 0.3 is 0 Å². The van der Waals surface area contributed by atoms with Crippen molar-refractivity contribution in [1.29, 1.82) is 0 Å². The molecule has 0 spiro atoms. The molecule has 1 N–H and O–H groups in total. The lowest BCUT2D eigenvalue weighted by atomic mass is 9.63. The van der Waals surface area contributed by atoms with Crippen molar-refractivity contribution in [3.63, 3.8) is 0 Å². The van der Waals surface area contributed by atoms with E-state index in [1.54, 1.807) is 16.9 Å². The smallest absolute Gasteiger partial charge is 0.135 e. The molecule has 134 valence electrons. The second-order valence-corrected chi connectivity index (χ2v) is 9.27. The number of aliphatic hydroxyl groups is 1. The van der Waals surface area contributed by atoms with Crippen molar-refractivity contribution in [3.8, 4) is 0 Å². The highest BCUT2D eigenvalue weighted by atomic mass is 35.5. The normalized spacial score (nSPS) is 24.6. The number of nitrogens with zero attached hydrogens (tertiary/aromatic N) is 3. The largest absolute Gasteiger partial charge is 0.386 e. The van der Waals surface area contributed by atoms with Crippen LogP contribution in [-0.4, -0.2) is 26.2 Å². The van der Waals surface area contributed by atoms with Gasteiger partial charge in [0, 0.05) is 5.02 Å². The van der Waals surface area contributed by atoms with Crippen molar-refractivity contribution in [2.24, 2.45) is 10.8 Å². The molecule has 0 fully saturated rings. The van der Waals surface area contributed by atoms with E-state index in [1.165, 1.54) is 0 Å². The van der Waals surface area contributed by atoms with Crippen LogP contribution >= 0.6 is 11.6 Å². The molecule has 0 radical (unpaired) electrons. The quantitative estimate of drug-likeness (QED) is 0.800. The van der Waals surface area contributed by atoms with Gasteiger partial charge in [0.2, 0.25) is 0 Å². The average Bonchev–Trinajstić information content (AvgIpc) is 2.88. The van der Waals surface area contributed by atoms with Gasteiger partial charge in [-0.25, -0.2) is 0 Å². The topological polar surface area (TPSA) is 50.9 Å². The van der Waals surface area contributed by atoms with Crippen molar-refractivity contribution >= 4 is 22.6 Å². The van der Waals surface area contributed by atoms with Gasteiger partial charge in [-0.15, -0.1) is 0 Å². The van der Waals surface area contributed by atoms with Crippen LogP contribution in [0.2, 0.25) is 5.02 Å². The molecule has 3 rings (SSSR count). The molecule has 5 heteroatoms. The number of hydrogen-bond acceptors (Lipinski definition) is 3. The Bertz CT molecular complexity index is 867. The first-order valence-electron chi connectivity index (χ1n) is 8.58. The zero-order chi connectivity index (χ0) is 18.6. The molecule has 0 amide bonds. The third kappa shape index (κ3) is 2.81. The highest BCUT2D eigenvalue weighted by Gasteiger charge is 2.53. The Hall–Kier alpha value is -1.65. The van der Waals surface area contributed by atoms with E-state index < -0.39 is 11.6 Å². The summed E-state index contributed by atoms with van der Waals surface area (Å²) in [6.07, 6.45) is 5.32. The van der Waals surface area contributed by atoms with Crippen LogP contribution in [0.25, 0.3) is 11.0 Å². The maximum absolute atomic E-state index is 11.4. The van der Waals surface area contributed by atoms with Crippen LogP contribution in [0.1, 0.15) is 41.5 Å². The third-order valence-electron chi connectivity index (χ3n) is 5.08. The van der Waals surface area contributed by atoms with Crippen LogP contribution in [0.3, 0.4) is 0 Å². The summed E-state index contributed by atoms with van der Waals surface area (Å²) in [7, 11) is 0. The molecule has 2 aromatic rings. The number of rotatable bonds is 1. The van der Waals surface area contributed by atoms with Crippen LogP contribution in [0, 0.1) is 10.8 Å². The monoisotopic (exact) mass is 359 g/mol. The molecule has 0 aliphatic heterocycles. The molecule has 0 saturated carbocycles. The summed E-state index contributed by atoms with van der Waals surface area (Å²) < 4.78 is 0. The summed E-state index contributed by atoms with van der Waals surface area (Å²) in [5.74, 6) is 0. The zero-order valence-electron chi connectivity index (χ0n) is 15.7. The fourth-order valence-electron chi connectivity index (χ4n) is 3.57. The fraction of sp³-hybridized carbons (Fsp3) is 0.500. The molecule has 4 nitrogen and oxygen atoms in total. The number of halogens is 1. The number of hydrogen-bond donors (Lipinski definition) is 1. The maximum Gasteiger partial charge on any atom is 0.135 e. The molecule has 1 aliphatic carbocycles.